The minimum Gasteiger partial charge on any atom is -0.492 e. The van der Waals surface area contributed by atoms with Crippen LogP contribution in [0.1, 0.15) is 36.0 Å². The van der Waals surface area contributed by atoms with Crippen LogP contribution in [0.4, 0.5) is 0 Å². The Morgan fingerprint density at radius 2 is 1.90 bits per heavy atom. The lowest BCUT2D eigenvalue weighted by Crippen LogP contribution is -2.40. The van der Waals surface area contributed by atoms with Crippen LogP contribution in [0.15, 0.2) is 24.3 Å². The number of aromatic carboxylic acids is 1. The average Bonchev–Trinajstić information content (AvgIpc) is 2.85. The van der Waals surface area contributed by atoms with Crippen molar-refractivity contribution in [1.29, 1.82) is 0 Å². The lowest BCUT2D eigenvalue weighted by atomic mass is 10.0. The fourth-order valence-corrected chi connectivity index (χ4v) is 2.79. The Kier molecular flexibility index (Phi) is 5.20. The van der Waals surface area contributed by atoms with Crippen LogP contribution in [-0.4, -0.2) is 53.4 Å². The summed E-state index contributed by atoms with van der Waals surface area (Å²) in [5.74, 6) is -0.279. The van der Waals surface area contributed by atoms with Gasteiger partial charge in [0.2, 0.25) is 0 Å². The maximum atomic E-state index is 10.7. The van der Waals surface area contributed by atoms with Crippen LogP contribution < -0.4 is 4.74 Å². The summed E-state index contributed by atoms with van der Waals surface area (Å²) in [5, 5.41) is 19.1. The van der Waals surface area contributed by atoms with Crippen molar-refractivity contribution in [3.8, 4) is 5.75 Å². The number of nitrogens with zero attached hydrogens (tertiary/aromatic N) is 1. The Hall–Kier alpha value is -1.59. The molecule has 0 radical (unpaired) electrons. The van der Waals surface area contributed by atoms with Gasteiger partial charge < -0.3 is 19.8 Å². The summed E-state index contributed by atoms with van der Waals surface area (Å²) < 4.78 is 5.59. The molecule has 1 aromatic carbocycles. The molecule has 0 aliphatic heterocycles. The van der Waals surface area contributed by atoms with Crippen LogP contribution in [0.3, 0.4) is 0 Å². The third-order valence-corrected chi connectivity index (χ3v) is 3.94. The summed E-state index contributed by atoms with van der Waals surface area (Å²) in [4.78, 5) is 12.8. The normalized spacial score (nSPS) is 17.1. The highest BCUT2D eigenvalue weighted by molar-refractivity contribution is 5.87. The SMILES string of the molecule is CN(CCOc1ccc(C(=O)O)cc1)CC1(O)CCCC1. The van der Waals surface area contributed by atoms with Gasteiger partial charge in [-0.3, -0.25) is 0 Å². The summed E-state index contributed by atoms with van der Waals surface area (Å²) in [5.41, 5.74) is -0.277. The molecule has 1 fully saturated rings. The molecule has 0 spiro atoms. The molecule has 1 aliphatic carbocycles. The number of likely N-dealkylation sites (N-methyl/N-ethyl adjacent to an activating group) is 1. The van der Waals surface area contributed by atoms with E-state index < -0.39 is 11.6 Å². The molecule has 0 atom stereocenters. The number of ether oxygens (including phenoxy) is 1. The molecule has 2 rings (SSSR count). The van der Waals surface area contributed by atoms with Gasteiger partial charge in [-0.2, -0.15) is 0 Å². The predicted molar refractivity (Wildman–Crippen MR) is 79.8 cm³/mol. The van der Waals surface area contributed by atoms with Crippen molar-refractivity contribution in [3.63, 3.8) is 0 Å². The third-order valence-electron chi connectivity index (χ3n) is 3.94. The summed E-state index contributed by atoms with van der Waals surface area (Å²) in [6.45, 7) is 1.91. The van der Waals surface area contributed by atoms with Crippen LogP contribution in [-0.2, 0) is 0 Å². The zero-order valence-corrected chi connectivity index (χ0v) is 12.4. The molecule has 21 heavy (non-hydrogen) atoms. The topological polar surface area (TPSA) is 70.0 Å². The van der Waals surface area contributed by atoms with Gasteiger partial charge in [-0.15, -0.1) is 0 Å². The monoisotopic (exact) mass is 293 g/mol. The molecule has 0 unspecified atom stereocenters. The van der Waals surface area contributed by atoms with Crippen LogP contribution in [0.5, 0.6) is 5.75 Å². The lowest BCUT2D eigenvalue weighted by molar-refractivity contribution is 0.0139. The molecule has 1 aliphatic rings. The van der Waals surface area contributed by atoms with E-state index in [0.717, 1.165) is 32.2 Å². The molecule has 116 valence electrons. The molecule has 0 saturated heterocycles. The van der Waals surface area contributed by atoms with Crippen LogP contribution in [0.2, 0.25) is 0 Å². The number of benzene rings is 1. The van der Waals surface area contributed by atoms with Gasteiger partial charge >= 0.3 is 5.97 Å². The van der Waals surface area contributed by atoms with E-state index in [9.17, 15) is 9.90 Å². The Morgan fingerprint density at radius 3 is 2.48 bits per heavy atom. The molecule has 1 saturated carbocycles. The molecular weight excluding hydrogens is 270 g/mol. The molecule has 5 nitrogen and oxygen atoms in total. The fourth-order valence-electron chi connectivity index (χ4n) is 2.79. The third kappa shape index (κ3) is 4.72. The van der Waals surface area contributed by atoms with Gasteiger partial charge in [0.1, 0.15) is 12.4 Å². The number of carbonyl (C=O) groups is 1. The van der Waals surface area contributed by atoms with Gasteiger partial charge in [0.15, 0.2) is 0 Å². The van der Waals surface area contributed by atoms with Crippen molar-refractivity contribution in [2.75, 3.05) is 26.7 Å². The molecule has 5 heteroatoms. The van der Waals surface area contributed by atoms with Crippen molar-refractivity contribution in [2.45, 2.75) is 31.3 Å². The second kappa shape index (κ2) is 6.91. The highest BCUT2D eigenvalue weighted by atomic mass is 16.5. The maximum Gasteiger partial charge on any atom is 0.335 e. The van der Waals surface area contributed by atoms with E-state index in [2.05, 4.69) is 4.90 Å². The number of carboxylic acids is 1. The van der Waals surface area contributed by atoms with Gasteiger partial charge in [-0.25, -0.2) is 4.79 Å². The van der Waals surface area contributed by atoms with Gasteiger partial charge in [0.25, 0.3) is 0 Å². The van der Waals surface area contributed by atoms with Crippen LogP contribution in [0.25, 0.3) is 0 Å². The van der Waals surface area contributed by atoms with Crippen molar-refractivity contribution in [1.82, 2.24) is 4.90 Å². The smallest absolute Gasteiger partial charge is 0.335 e. The number of hydrogen-bond acceptors (Lipinski definition) is 4. The van der Waals surface area contributed by atoms with E-state index in [4.69, 9.17) is 9.84 Å². The first-order valence-corrected chi connectivity index (χ1v) is 7.36. The molecule has 0 bridgehead atoms. The first-order chi connectivity index (χ1) is 9.98. The van der Waals surface area contributed by atoms with Crippen molar-refractivity contribution in [2.24, 2.45) is 0 Å². The van der Waals surface area contributed by atoms with Gasteiger partial charge in [0.05, 0.1) is 11.2 Å². The van der Waals surface area contributed by atoms with Crippen LogP contribution in [0, 0.1) is 0 Å². The van der Waals surface area contributed by atoms with E-state index in [0.29, 0.717) is 18.9 Å². The zero-order valence-electron chi connectivity index (χ0n) is 12.4. The number of rotatable bonds is 7. The van der Waals surface area contributed by atoms with E-state index in [1.807, 2.05) is 7.05 Å². The van der Waals surface area contributed by atoms with E-state index in [-0.39, 0.29) is 5.56 Å². The average molecular weight is 293 g/mol. The zero-order chi connectivity index (χ0) is 15.3. The minimum atomic E-state index is -0.939. The Labute approximate surface area is 125 Å². The standard InChI is InChI=1S/C16H23NO4/c1-17(12-16(20)8-2-3-9-16)10-11-21-14-6-4-13(5-7-14)15(18)19/h4-7,20H,2-3,8-12H2,1H3,(H,18,19). The Bertz CT molecular complexity index is 466. The molecular formula is C16H23NO4. The molecule has 0 heterocycles. The summed E-state index contributed by atoms with van der Waals surface area (Å²) in [6.07, 6.45) is 3.98. The maximum absolute atomic E-state index is 10.7. The van der Waals surface area contributed by atoms with Gasteiger partial charge in [-0.1, -0.05) is 12.8 Å². The van der Waals surface area contributed by atoms with E-state index in [1.54, 1.807) is 12.1 Å². The highest BCUT2D eigenvalue weighted by Gasteiger charge is 2.31. The number of hydrogen-bond donors (Lipinski definition) is 2. The second-order valence-electron chi connectivity index (χ2n) is 5.85. The lowest BCUT2D eigenvalue weighted by Gasteiger charge is -2.28. The first kappa shape index (κ1) is 15.8. The van der Waals surface area contributed by atoms with Crippen molar-refractivity contribution < 1.29 is 19.7 Å². The summed E-state index contributed by atoms with van der Waals surface area (Å²) in [6, 6.07) is 6.38. The predicted octanol–water partition coefficient (Wildman–Crippen LogP) is 2.00. The van der Waals surface area contributed by atoms with Crippen molar-refractivity contribution in [3.05, 3.63) is 29.8 Å². The van der Waals surface area contributed by atoms with E-state index >= 15 is 0 Å². The molecule has 0 amide bonds. The number of aliphatic hydroxyl groups is 1. The van der Waals surface area contributed by atoms with Crippen molar-refractivity contribution >= 4 is 5.97 Å². The number of carboxylic acid groups (broad SMARTS) is 1. The molecule has 1 aromatic rings. The van der Waals surface area contributed by atoms with Gasteiger partial charge in [0, 0.05) is 13.1 Å². The summed E-state index contributed by atoms with van der Waals surface area (Å²) >= 11 is 0. The van der Waals surface area contributed by atoms with E-state index in [1.165, 1.54) is 12.1 Å². The highest BCUT2D eigenvalue weighted by Crippen LogP contribution is 2.29. The minimum absolute atomic E-state index is 0.253. The Morgan fingerprint density at radius 1 is 1.29 bits per heavy atom. The van der Waals surface area contributed by atoms with Crippen LogP contribution >= 0.6 is 0 Å². The molecule has 0 aromatic heterocycles. The fraction of sp³-hybridized carbons (Fsp3) is 0.562. The quantitative estimate of drug-likeness (QED) is 0.804. The Balaban J connectivity index is 1.72. The largest absolute Gasteiger partial charge is 0.492 e. The summed E-state index contributed by atoms with van der Waals surface area (Å²) in [7, 11) is 1.98. The second-order valence-corrected chi connectivity index (χ2v) is 5.85. The first-order valence-electron chi connectivity index (χ1n) is 7.36. The van der Waals surface area contributed by atoms with Gasteiger partial charge in [-0.05, 0) is 44.2 Å². The molecule has 2 N–H and O–H groups in total.